The minimum Gasteiger partial charge on any atom is -0.468 e. The van der Waals surface area contributed by atoms with Crippen LogP contribution in [0.15, 0.2) is 58.1 Å². The number of rotatable bonds is 2. The van der Waals surface area contributed by atoms with Gasteiger partial charge in [0.05, 0.1) is 24.8 Å². The topological polar surface area (TPSA) is 54.0 Å². The molecule has 0 spiro atoms. The van der Waals surface area contributed by atoms with Crippen LogP contribution >= 0.6 is 11.6 Å². The Hall–Kier alpha value is -1.98. The van der Waals surface area contributed by atoms with Crippen LogP contribution in [0.5, 0.6) is 0 Å². The number of methoxy groups -OCH3 is 2. The lowest BCUT2D eigenvalue weighted by atomic mass is 9.87. The lowest BCUT2D eigenvalue weighted by molar-refractivity contribution is -0.198. The van der Waals surface area contributed by atoms with E-state index in [4.69, 9.17) is 30.5 Å². The smallest absolute Gasteiger partial charge is 0.376 e. The van der Waals surface area contributed by atoms with E-state index in [2.05, 4.69) is 0 Å². The van der Waals surface area contributed by atoms with Gasteiger partial charge in [0.2, 0.25) is 0 Å². The summed E-state index contributed by atoms with van der Waals surface area (Å²) >= 11 is 6.31. The molecule has 122 valence electrons. The summed E-state index contributed by atoms with van der Waals surface area (Å²) in [7, 11) is 2.76. The average molecular weight is 337 g/mol. The normalized spacial score (nSPS) is 29.6. The van der Waals surface area contributed by atoms with Gasteiger partial charge in [0.15, 0.2) is 0 Å². The molecule has 1 aliphatic heterocycles. The van der Waals surface area contributed by atoms with Crippen molar-refractivity contribution < 1.29 is 23.7 Å². The summed E-state index contributed by atoms with van der Waals surface area (Å²) < 4.78 is 21.5. The Kier molecular flexibility index (Phi) is 4.59. The predicted molar refractivity (Wildman–Crippen MR) is 84.3 cm³/mol. The fourth-order valence-corrected chi connectivity index (χ4v) is 3.03. The van der Waals surface area contributed by atoms with Crippen LogP contribution in [0.4, 0.5) is 0 Å². The second kappa shape index (κ2) is 6.64. The molecule has 0 bridgehead atoms. The zero-order chi connectivity index (χ0) is 16.4. The van der Waals surface area contributed by atoms with Crippen molar-refractivity contribution in [2.75, 3.05) is 14.2 Å². The van der Waals surface area contributed by atoms with Crippen LogP contribution in [0, 0.1) is 0 Å². The van der Waals surface area contributed by atoms with Crippen molar-refractivity contribution in [3.63, 3.8) is 0 Å². The van der Waals surface area contributed by atoms with Crippen LogP contribution in [0.25, 0.3) is 0 Å². The molecule has 0 amide bonds. The molecule has 3 rings (SSSR count). The van der Waals surface area contributed by atoms with Crippen LogP contribution in [0.1, 0.15) is 12.8 Å². The van der Waals surface area contributed by atoms with Crippen LogP contribution in [0.2, 0.25) is 0 Å². The van der Waals surface area contributed by atoms with Gasteiger partial charge >= 0.3 is 12.3 Å². The fourth-order valence-electron chi connectivity index (χ4n) is 2.79. The Morgan fingerprint density at radius 1 is 1.35 bits per heavy atom. The number of carbonyl (C=O) groups is 1. The lowest BCUT2D eigenvalue weighted by Gasteiger charge is -2.32. The van der Waals surface area contributed by atoms with E-state index < -0.39 is 18.4 Å². The number of esters is 1. The molecule has 5 nitrogen and oxygen atoms in total. The third-order valence-electron chi connectivity index (χ3n) is 3.86. The summed E-state index contributed by atoms with van der Waals surface area (Å²) in [6, 6.07) is 0. The number of hydrogen-bond acceptors (Lipinski definition) is 5. The van der Waals surface area contributed by atoms with Crippen LogP contribution < -0.4 is 0 Å². The summed E-state index contributed by atoms with van der Waals surface area (Å²) in [6.07, 6.45) is 9.41. The van der Waals surface area contributed by atoms with Gasteiger partial charge in [-0.25, -0.2) is 4.79 Å². The monoisotopic (exact) mass is 336 g/mol. The van der Waals surface area contributed by atoms with Gasteiger partial charge < -0.3 is 18.9 Å². The molecule has 2 unspecified atom stereocenters. The third kappa shape index (κ3) is 2.94. The molecule has 0 aromatic rings. The molecule has 0 saturated heterocycles. The number of carbonyl (C=O) groups excluding carboxylic acids is 1. The van der Waals surface area contributed by atoms with Gasteiger partial charge in [-0.1, -0.05) is 35.9 Å². The molecule has 23 heavy (non-hydrogen) atoms. The summed E-state index contributed by atoms with van der Waals surface area (Å²) in [5.74, 6) is -0.418. The van der Waals surface area contributed by atoms with Crippen molar-refractivity contribution >= 4 is 17.6 Å². The van der Waals surface area contributed by atoms with Crippen LogP contribution in [0.3, 0.4) is 0 Å². The predicted octanol–water partition coefficient (Wildman–Crippen LogP) is 3.10. The van der Waals surface area contributed by atoms with Crippen LogP contribution in [-0.4, -0.2) is 32.6 Å². The number of ether oxygens (including phenoxy) is 4. The minimum atomic E-state index is -1.26. The third-order valence-corrected chi connectivity index (χ3v) is 4.18. The largest absolute Gasteiger partial charge is 0.468 e. The van der Waals surface area contributed by atoms with Gasteiger partial charge in [-0.3, -0.25) is 0 Å². The average Bonchev–Trinajstić information content (AvgIpc) is 2.57. The fraction of sp³-hybridized carbons (Fsp3) is 0.353. The number of fused-ring (bicyclic) bond motifs is 2. The van der Waals surface area contributed by atoms with E-state index in [9.17, 15) is 4.79 Å². The van der Waals surface area contributed by atoms with Crippen molar-refractivity contribution in [3.05, 3.63) is 58.1 Å². The van der Waals surface area contributed by atoms with Crippen molar-refractivity contribution in [2.45, 2.75) is 25.2 Å². The lowest BCUT2D eigenvalue weighted by Crippen LogP contribution is -2.36. The van der Waals surface area contributed by atoms with E-state index in [1.807, 2.05) is 24.3 Å². The van der Waals surface area contributed by atoms with E-state index in [0.717, 1.165) is 29.6 Å². The number of allylic oxidation sites excluding steroid dienone is 6. The van der Waals surface area contributed by atoms with Crippen molar-refractivity contribution in [3.8, 4) is 0 Å². The van der Waals surface area contributed by atoms with Gasteiger partial charge in [-0.15, -0.1) is 0 Å². The van der Waals surface area contributed by atoms with E-state index >= 15 is 0 Å². The van der Waals surface area contributed by atoms with Gasteiger partial charge in [-0.2, -0.15) is 0 Å². The Balaban J connectivity index is 2.16. The van der Waals surface area contributed by atoms with E-state index in [0.29, 0.717) is 5.03 Å². The Morgan fingerprint density at radius 3 is 2.91 bits per heavy atom. The molecule has 0 fully saturated rings. The highest BCUT2D eigenvalue weighted by Crippen LogP contribution is 2.38. The quantitative estimate of drug-likeness (QED) is 0.725. The highest BCUT2D eigenvalue weighted by Gasteiger charge is 2.36. The van der Waals surface area contributed by atoms with Crippen LogP contribution in [-0.2, 0) is 23.7 Å². The molecule has 0 radical (unpaired) electrons. The summed E-state index contributed by atoms with van der Waals surface area (Å²) in [4.78, 5) is 12.0. The van der Waals surface area contributed by atoms with E-state index in [1.165, 1.54) is 14.2 Å². The molecule has 3 aliphatic rings. The molecule has 1 heterocycles. The van der Waals surface area contributed by atoms with E-state index in [1.54, 1.807) is 6.08 Å². The summed E-state index contributed by atoms with van der Waals surface area (Å²) in [5.41, 5.74) is 2.75. The molecular formula is C17H17ClO5. The first-order valence-corrected chi connectivity index (χ1v) is 7.65. The number of hydrogen-bond donors (Lipinski definition) is 0. The first kappa shape index (κ1) is 15.9. The molecule has 0 saturated carbocycles. The molecule has 6 heteroatoms. The Labute approximate surface area is 139 Å². The highest BCUT2D eigenvalue weighted by molar-refractivity contribution is 6.30. The SMILES string of the molecule is COC(=O)C1OC(OC)=C2C=CCC/C2=C2\C=CC=C(Cl)C2O1. The van der Waals surface area contributed by atoms with Gasteiger partial charge in [0, 0.05) is 0 Å². The van der Waals surface area contributed by atoms with Gasteiger partial charge in [0.1, 0.15) is 6.10 Å². The molecule has 0 aromatic carbocycles. The molecule has 2 aliphatic carbocycles. The maximum absolute atomic E-state index is 12.0. The van der Waals surface area contributed by atoms with Crippen molar-refractivity contribution in [2.24, 2.45) is 0 Å². The molecule has 0 aromatic heterocycles. The minimum absolute atomic E-state index is 0.233. The van der Waals surface area contributed by atoms with Gasteiger partial charge in [0.25, 0.3) is 5.95 Å². The Morgan fingerprint density at radius 2 is 2.17 bits per heavy atom. The first-order chi connectivity index (χ1) is 11.2. The maximum atomic E-state index is 12.0. The number of halogens is 1. The van der Waals surface area contributed by atoms with Crippen molar-refractivity contribution in [1.82, 2.24) is 0 Å². The Bertz CT molecular complexity index is 668. The zero-order valence-corrected chi connectivity index (χ0v) is 13.6. The maximum Gasteiger partial charge on any atom is 0.376 e. The second-order valence-electron chi connectivity index (χ2n) is 5.18. The van der Waals surface area contributed by atoms with Gasteiger partial charge in [-0.05, 0) is 30.1 Å². The highest BCUT2D eigenvalue weighted by atomic mass is 35.5. The van der Waals surface area contributed by atoms with Crippen molar-refractivity contribution in [1.29, 1.82) is 0 Å². The molecule has 2 atom stereocenters. The zero-order valence-electron chi connectivity index (χ0n) is 12.9. The van der Waals surface area contributed by atoms with E-state index in [-0.39, 0.29) is 5.95 Å². The summed E-state index contributed by atoms with van der Waals surface area (Å²) in [5, 5.41) is 0.488. The summed E-state index contributed by atoms with van der Waals surface area (Å²) in [6.45, 7) is 0. The molecular weight excluding hydrogens is 320 g/mol. The standard InChI is InChI=1S/C17H17ClO5/c1-20-15(19)17-22-14-11(8-5-9-13(14)18)10-6-3-4-7-12(10)16(21-2)23-17/h4-5,7-9,14,17H,3,6H2,1-2H3/b11-10-,16-12?. The second-order valence-corrected chi connectivity index (χ2v) is 5.62. The molecule has 0 N–H and O–H groups in total. The first-order valence-electron chi connectivity index (χ1n) is 7.27.